The Balaban J connectivity index is 1.48. The number of amides is 1. The minimum absolute atomic E-state index is 0.0821. The molecule has 0 unspecified atom stereocenters. The lowest BCUT2D eigenvalue weighted by molar-refractivity contribution is 0.0941. The van der Waals surface area contributed by atoms with Crippen molar-refractivity contribution in [3.63, 3.8) is 0 Å². The van der Waals surface area contributed by atoms with E-state index in [9.17, 15) is 9.59 Å². The number of nitrogen functional groups attached to an aromatic ring is 1. The van der Waals surface area contributed by atoms with Gasteiger partial charge in [-0.15, -0.1) is 0 Å². The van der Waals surface area contributed by atoms with Gasteiger partial charge in [0.2, 0.25) is 0 Å². The minimum atomic E-state index is -0.585. The predicted octanol–water partition coefficient (Wildman–Crippen LogP) is 4.45. The molecule has 4 aromatic heterocycles. The number of nitrogens with two attached hydrogens (primary N) is 1. The van der Waals surface area contributed by atoms with Crippen molar-refractivity contribution in [1.82, 2.24) is 29.6 Å². The molecule has 1 amide bonds. The largest absolute Gasteiger partial charge is 0.383 e. The van der Waals surface area contributed by atoms with Gasteiger partial charge in [-0.25, -0.2) is 4.98 Å². The number of nitrogens with one attached hydrogen (secondary N) is 1. The quantitative estimate of drug-likeness (QED) is 0.311. The molecule has 1 atom stereocenters. The third kappa shape index (κ3) is 4.86. The number of nitrogens with zero attached hydrogens (tertiary/aromatic N) is 5. The van der Waals surface area contributed by atoms with Gasteiger partial charge in [0.1, 0.15) is 17.1 Å². The highest BCUT2D eigenvalue weighted by Crippen LogP contribution is 2.25. The van der Waals surface area contributed by atoms with Crippen molar-refractivity contribution in [3.8, 4) is 17.5 Å². The Morgan fingerprint density at radius 1 is 0.976 bits per heavy atom. The van der Waals surface area contributed by atoms with Crippen LogP contribution < -0.4 is 16.6 Å². The number of carbonyl (C=O) groups excluding carboxylic acids is 1. The highest BCUT2D eigenvalue weighted by atomic mass is 16.2. The van der Waals surface area contributed by atoms with Crippen LogP contribution in [0.25, 0.3) is 27.4 Å². The maximum Gasteiger partial charge on any atom is 0.264 e. The molecule has 0 aliphatic carbocycles. The lowest BCUT2D eigenvalue weighted by Crippen LogP contribution is -2.33. The topological polar surface area (TPSA) is 121 Å². The molecule has 206 valence electrons. The molecule has 0 bridgehead atoms. The zero-order valence-corrected chi connectivity index (χ0v) is 23.3. The smallest absolute Gasteiger partial charge is 0.264 e. The summed E-state index contributed by atoms with van der Waals surface area (Å²) in [5, 5.41) is 9.25. The summed E-state index contributed by atoms with van der Waals surface area (Å²) in [6, 6.07) is 19.9. The summed E-state index contributed by atoms with van der Waals surface area (Å²) in [7, 11) is 1.83. The number of pyridine rings is 3. The zero-order valence-electron chi connectivity index (χ0n) is 23.3. The molecule has 4 heterocycles. The maximum absolute atomic E-state index is 14.2. The van der Waals surface area contributed by atoms with Crippen LogP contribution in [0.15, 0.2) is 90.1 Å². The SMILES string of the molecule is Cc1cnc2c(C(=O)N[C@@H](C)c3cc4cccc(C#Cc5ccn(C)n5)c4c(=O)n3-c3ccccc3)c(N)ncc2c1. The van der Waals surface area contributed by atoms with Crippen molar-refractivity contribution in [3.05, 3.63) is 124 Å². The number of aryl methyl sites for hydroxylation is 2. The zero-order chi connectivity index (χ0) is 29.4. The maximum atomic E-state index is 14.2. The van der Waals surface area contributed by atoms with E-state index in [1.54, 1.807) is 21.6 Å². The van der Waals surface area contributed by atoms with Crippen LogP contribution >= 0.6 is 0 Å². The number of benzene rings is 2. The number of hydrogen-bond acceptors (Lipinski definition) is 6. The Morgan fingerprint density at radius 2 is 1.79 bits per heavy atom. The summed E-state index contributed by atoms with van der Waals surface area (Å²) in [4.78, 5) is 36.5. The predicted molar refractivity (Wildman–Crippen MR) is 163 cm³/mol. The average molecular weight is 554 g/mol. The van der Waals surface area contributed by atoms with Gasteiger partial charge in [-0.2, -0.15) is 5.10 Å². The molecule has 0 saturated carbocycles. The highest BCUT2D eigenvalue weighted by molar-refractivity contribution is 6.09. The summed E-state index contributed by atoms with van der Waals surface area (Å²) in [5.41, 5.74) is 9.98. The van der Waals surface area contributed by atoms with E-state index in [-0.39, 0.29) is 16.9 Å². The summed E-state index contributed by atoms with van der Waals surface area (Å²) >= 11 is 0. The van der Waals surface area contributed by atoms with E-state index in [0.29, 0.717) is 44.3 Å². The normalized spacial score (nSPS) is 11.7. The molecule has 0 aliphatic heterocycles. The first-order chi connectivity index (χ1) is 20.3. The van der Waals surface area contributed by atoms with Crippen LogP contribution in [0.1, 0.15) is 45.8 Å². The van der Waals surface area contributed by atoms with Crippen LogP contribution in [0.5, 0.6) is 0 Å². The number of fused-ring (bicyclic) bond motifs is 2. The van der Waals surface area contributed by atoms with Gasteiger partial charge in [0, 0.05) is 48.0 Å². The van der Waals surface area contributed by atoms with Crippen molar-refractivity contribution < 1.29 is 4.79 Å². The molecule has 3 N–H and O–H groups in total. The summed E-state index contributed by atoms with van der Waals surface area (Å²) in [6.07, 6.45) is 5.11. The molecule has 42 heavy (non-hydrogen) atoms. The van der Waals surface area contributed by atoms with E-state index in [1.165, 1.54) is 0 Å². The van der Waals surface area contributed by atoms with Gasteiger partial charge in [0.05, 0.1) is 16.9 Å². The second-order valence-corrected chi connectivity index (χ2v) is 10.1. The highest BCUT2D eigenvalue weighted by Gasteiger charge is 2.23. The van der Waals surface area contributed by atoms with Crippen molar-refractivity contribution in [1.29, 1.82) is 0 Å². The van der Waals surface area contributed by atoms with Crippen LogP contribution in [0, 0.1) is 18.8 Å². The van der Waals surface area contributed by atoms with Gasteiger partial charge in [-0.1, -0.05) is 36.3 Å². The Hall–Kier alpha value is -5.75. The van der Waals surface area contributed by atoms with Crippen molar-refractivity contribution in [2.75, 3.05) is 5.73 Å². The number of rotatable bonds is 4. The fourth-order valence-corrected chi connectivity index (χ4v) is 5.05. The molecule has 6 rings (SSSR count). The van der Waals surface area contributed by atoms with Crippen LogP contribution in [-0.2, 0) is 7.05 Å². The molecule has 0 radical (unpaired) electrons. The first-order valence-corrected chi connectivity index (χ1v) is 13.4. The van der Waals surface area contributed by atoms with Gasteiger partial charge < -0.3 is 11.1 Å². The second kappa shape index (κ2) is 10.7. The first kappa shape index (κ1) is 26.5. The standard InChI is InChI=1S/C33H27N7O2/c1-20-16-24-19-36-31(34)29(30(24)35-18-20)32(41)37-21(2)27-17-23-9-7-8-22(12-13-25-14-15-39(3)38-25)28(23)33(42)40(27)26-10-5-4-6-11-26/h4-11,14-19,21H,1-3H3,(H2,34,36)(H,37,41)/t21-/m0/s1. The third-order valence-corrected chi connectivity index (χ3v) is 7.04. The summed E-state index contributed by atoms with van der Waals surface area (Å²) in [5.74, 6) is 5.83. The fourth-order valence-electron chi connectivity index (χ4n) is 5.05. The molecule has 0 saturated heterocycles. The molecule has 0 aliphatic rings. The Morgan fingerprint density at radius 3 is 2.55 bits per heavy atom. The molecular formula is C33H27N7O2. The monoisotopic (exact) mass is 553 g/mol. The first-order valence-electron chi connectivity index (χ1n) is 13.4. The van der Waals surface area contributed by atoms with Crippen molar-refractivity contribution >= 4 is 33.4 Å². The molecule has 6 aromatic rings. The Labute approximate surface area is 241 Å². The average Bonchev–Trinajstić information content (AvgIpc) is 3.41. The summed E-state index contributed by atoms with van der Waals surface area (Å²) < 4.78 is 3.29. The molecular weight excluding hydrogens is 526 g/mol. The second-order valence-electron chi connectivity index (χ2n) is 10.1. The van der Waals surface area contributed by atoms with Gasteiger partial charge in [0.15, 0.2) is 0 Å². The fraction of sp³-hybridized carbons (Fsp3) is 0.121. The van der Waals surface area contributed by atoms with Gasteiger partial charge >= 0.3 is 0 Å². The minimum Gasteiger partial charge on any atom is -0.383 e. The number of para-hydroxylation sites is 1. The van der Waals surface area contributed by atoms with Crippen LogP contribution in [0.4, 0.5) is 5.82 Å². The van der Waals surface area contributed by atoms with E-state index in [2.05, 4.69) is 32.2 Å². The van der Waals surface area contributed by atoms with E-state index in [0.717, 1.165) is 5.56 Å². The lowest BCUT2D eigenvalue weighted by atomic mass is 10.0. The number of hydrogen-bond donors (Lipinski definition) is 2. The number of aromatic nitrogens is 5. The van der Waals surface area contributed by atoms with Crippen molar-refractivity contribution in [2.24, 2.45) is 7.05 Å². The molecule has 9 nitrogen and oxygen atoms in total. The Kier molecular flexibility index (Phi) is 6.73. The van der Waals surface area contributed by atoms with E-state index < -0.39 is 11.9 Å². The van der Waals surface area contributed by atoms with E-state index >= 15 is 0 Å². The molecule has 2 aromatic carbocycles. The number of anilines is 1. The van der Waals surface area contributed by atoms with Crippen LogP contribution in [0.2, 0.25) is 0 Å². The summed E-state index contributed by atoms with van der Waals surface area (Å²) in [6.45, 7) is 3.75. The van der Waals surface area contributed by atoms with E-state index in [4.69, 9.17) is 5.73 Å². The molecule has 9 heteroatoms. The van der Waals surface area contributed by atoms with Crippen LogP contribution in [-0.4, -0.2) is 30.2 Å². The van der Waals surface area contributed by atoms with Crippen molar-refractivity contribution in [2.45, 2.75) is 19.9 Å². The van der Waals surface area contributed by atoms with Gasteiger partial charge in [-0.3, -0.25) is 23.8 Å². The molecule has 0 spiro atoms. The number of carbonyl (C=O) groups is 1. The van der Waals surface area contributed by atoms with Gasteiger partial charge in [-0.05, 0) is 67.1 Å². The van der Waals surface area contributed by atoms with E-state index in [1.807, 2.05) is 93.8 Å². The molecule has 0 fully saturated rings. The van der Waals surface area contributed by atoms with Gasteiger partial charge in [0.25, 0.3) is 11.5 Å². The Bertz CT molecular complexity index is 2120. The van der Waals surface area contributed by atoms with Crippen LogP contribution in [0.3, 0.4) is 0 Å². The third-order valence-electron chi connectivity index (χ3n) is 7.04. The lowest BCUT2D eigenvalue weighted by Gasteiger charge is -2.21.